The van der Waals surface area contributed by atoms with E-state index in [-0.39, 0.29) is 18.0 Å². The number of para-hydroxylation sites is 1. The van der Waals surface area contributed by atoms with E-state index in [4.69, 9.17) is 21.6 Å². The van der Waals surface area contributed by atoms with Gasteiger partial charge in [-0.15, -0.1) is 0 Å². The molecule has 31 heavy (non-hydrogen) atoms. The normalized spacial score (nSPS) is 17.8. The van der Waals surface area contributed by atoms with Crippen LogP contribution in [0.5, 0.6) is 11.6 Å². The summed E-state index contributed by atoms with van der Waals surface area (Å²) in [7, 11) is 0. The third-order valence-electron chi connectivity index (χ3n) is 5.44. The van der Waals surface area contributed by atoms with E-state index >= 15 is 0 Å². The van der Waals surface area contributed by atoms with Crippen molar-refractivity contribution in [3.8, 4) is 17.7 Å². The average Bonchev–Trinajstić information content (AvgIpc) is 3.15. The van der Waals surface area contributed by atoms with Crippen LogP contribution in [0.2, 0.25) is 5.02 Å². The summed E-state index contributed by atoms with van der Waals surface area (Å²) in [5.41, 5.74) is 1.87. The van der Waals surface area contributed by atoms with E-state index in [1.165, 1.54) is 6.20 Å². The van der Waals surface area contributed by atoms with Gasteiger partial charge in [-0.25, -0.2) is 4.98 Å². The Balaban J connectivity index is 1.38. The van der Waals surface area contributed by atoms with Gasteiger partial charge in [0.05, 0.1) is 22.2 Å². The first-order valence-corrected chi connectivity index (χ1v) is 10.4. The Morgan fingerprint density at radius 2 is 2.03 bits per heavy atom. The van der Waals surface area contributed by atoms with Crippen LogP contribution in [0.25, 0.3) is 0 Å². The van der Waals surface area contributed by atoms with E-state index in [1.54, 1.807) is 24.3 Å². The lowest BCUT2D eigenvalue weighted by molar-refractivity contribution is 0.0935. The molecular formula is C24H21ClN4O2. The highest BCUT2D eigenvalue weighted by Gasteiger charge is 2.32. The van der Waals surface area contributed by atoms with Gasteiger partial charge in [0, 0.05) is 30.5 Å². The fourth-order valence-electron chi connectivity index (χ4n) is 3.71. The number of nitrogens with zero attached hydrogens (tertiary/aromatic N) is 3. The first-order valence-electron chi connectivity index (χ1n) is 10.0. The van der Waals surface area contributed by atoms with E-state index in [2.05, 4.69) is 28.2 Å². The summed E-state index contributed by atoms with van der Waals surface area (Å²) >= 11 is 6.18. The number of pyridine rings is 1. The Hall–Kier alpha value is -3.56. The van der Waals surface area contributed by atoms with Crippen molar-refractivity contribution in [3.63, 3.8) is 0 Å². The number of hydrogen-bond acceptors (Lipinski definition) is 5. The minimum atomic E-state index is -0.171. The number of nitriles is 1. The Labute approximate surface area is 186 Å². The van der Waals surface area contributed by atoms with Crippen LogP contribution >= 0.6 is 11.6 Å². The van der Waals surface area contributed by atoms with Gasteiger partial charge in [-0.05, 0) is 49.7 Å². The molecule has 6 nitrogen and oxygen atoms in total. The lowest BCUT2D eigenvalue weighted by Gasteiger charge is -2.27. The maximum Gasteiger partial charge on any atom is 0.253 e. The Morgan fingerprint density at radius 1 is 1.23 bits per heavy atom. The van der Waals surface area contributed by atoms with Gasteiger partial charge in [-0.3, -0.25) is 4.79 Å². The van der Waals surface area contributed by atoms with Crippen LogP contribution in [0.3, 0.4) is 0 Å². The zero-order valence-electron chi connectivity index (χ0n) is 17.0. The molecule has 3 aromatic rings. The number of halogens is 1. The standard InChI is InChI=1S/C24H21ClN4O2/c1-16-22(11-12-29(16)19-9-7-17(14-26)21(25)13-19)28-24(30)18-8-10-23(27-15-18)31-20-5-3-2-4-6-20/h2-10,13,15-16,22H,11-12H2,1H3,(H,28,30)/t16-,22-/m0/s1. The third-order valence-corrected chi connectivity index (χ3v) is 5.75. The van der Waals surface area contributed by atoms with E-state index in [9.17, 15) is 4.79 Å². The Bertz CT molecular complexity index is 1110. The Kier molecular flexibility index (Phi) is 6.06. The SMILES string of the molecule is C[C@H]1[C@@H](NC(=O)c2ccc(Oc3ccccc3)nc2)CCN1c1ccc(C#N)c(Cl)c1. The highest BCUT2D eigenvalue weighted by molar-refractivity contribution is 6.32. The summed E-state index contributed by atoms with van der Waals surface area (Å²) in [6, 6.07) is 20.3. The van der Waals surface area contributed by atoms with Gasteiger partial charge in [-0.1, -0.05) is 29.8 Å². The molecule has 2 heterocycles. The monoisotopic (exact) mass is 432 g/mol. The molecule has 156 valence electrons. The van der Waals surface area contributed by atoms with Crippen molar-refractivity contribution in [2.24, 2.45) is 0 Å². The summed E-state index contributed by atoms with van der Waals surface area (Å²) < 4.78 is 5.67. The average molecular weight is 433 g/mol. The zero-order chi connectivity index (χ0) is 21.8. The van der Waals surface area contributed by atoms with Gasteiger partial charge in [0.2, 0.25) is 5.88 Å². The molecule has 4 rings (SSSR count). The van der Waals surface area contributed by atoms with Crippen LogP contribution in [0.15, 0.2) is 66.9 Å². The van der Waals surface area contributed by atoms with E-state index in [0.29, 0.717) is 27.8 Å². The first kappa shape index (κ1) is 20.7. The molecule has 7 heteroatoms. The van der Waals surface area contributed by atoms with Crippen LogP contribution in [-0.4, -0.2) is 29.5 Å². The first-order chi connectivity index (χ1) is 15.0. The smallest absolute Gasteiger partial charge is 0.253 e. The molecule has 0 bridgehead atoms. The predicted octanol–water partition coefficient (Wildman–Crippen LogP) is 4.80. The van der Waals surface area contributed by atoms with Crippen LogP contribution in [0.4, 0.5) is 5.69 Å². The van der Waals surface area contributed by atoms with E-state index in [1.807, 2.05) is 36.4 Å². The number of benzene rings is 2. The molecule has 1 amide bonds. The van der Waals surface area contributed by atoms with Crippen molar-refractivity contribution in [2.45, 2.75) is 25.4 Å². The third kappa shape index (κ3) is 4.62. The maximum absolute atomic E-state index is 12.7. The maximum atomic E-state index is 12.7. The summed E-state index contributed by atoms with van der Waals surface area (Å²) in [6.45, 7) is 2.86. The molecule has 0 spiro atoms. The lowest BCUT2D eigenvalue weighted by atomic mass is 10.1. The fraction of sp³-hybridized carbons (Fsp3) is 0.208. The molecule has 1 saturated heterocycles. The second kappa shape index (κ2) is 9.07. The minimum Gasteiger partial charge on any atom is -0.439 e. The van der Waals surface area contributed by atoms with Gasteiger partial charge in [-0.2, -0.15) is 5.26 Å². The predicted molar refractivity (Wildman–Crippen MR) is 120 cm³/mol. The van der Waals surface area contributed by atoms with Crippen molar-refractivity contribution < 1.29 is 9.53 Å². The molecule has 2 aromatic carbocycles. The molecule has 2 atom stereocenters. The van der Waals surface area contributed by atoms with Gasteiger partial charge < -0.3 is 15.0 Å². The van der Waals surface area contributed by atoms with E-state index < -0.39 is 0 Å². The number of amides is 1. The number of ether oxygens (including phenoxy) is 1. The number of hydrogen-bond donors (Lipinski definition) is 1. The van der Waals surface area contributed by atoms with Crippen LogP contribution in [0.1, 0.15) is 29.3 Å². The number of nitrogens with one attached hydrogen (secondary N) is 1. The molecule has 0 radical (unpaired) electrons. The van der Waals surface area contributed by atoms with Crippen molar-refractivity contribution in [1.82, 2.24) is 10.3 Å². The number of anilines is 1. The Morgan fingerprint density at radius 3 is 2.71 bits per heavy atom. The second-order valence-electron chi connectivity index (χ2n) is 7.38. The fourth-order valence-corrected chi connectivity index (χ4v) is 3.92. The second-order valence-corrected chi connectivity index (χ2v) is 7.79. The van der Waals surface area contributed by atoms with Gasteiger partial charge in [0.25, 0.3) is 5.91 Å². The highest BCUT2D eigenvalue weighted by atomic mass is 35.5. The minimum absolute atomic E-state index is 0.0119. The number of aromatic nitrogens is 1. The summed E-state index contributed by atoms with van der Waals surface area (Å²) in [5, 5.41) is 12.6. The highest BCUT2D eigenvalue weighted by Crippen LogP contribution is 2.29. The largest absolute Gasteiger partial charge is 0.439 e. The number of rotatable bonds is 5. The lowest BCUT2D eigenvalue weighted by Crippen LogP contribution is -2.43. The van der Waals surface area contributed by atoms with Gasteiger partial charge in [0.15, 0.2) is 0 Å². The summed E-state index contributed by atoms with van der Waals surface area (Å²) in [5.74, 6) is 0.950. The molecular weight excluding hydrogens is 412 g/mol. The van der Waals surface area contributed by atoms with Gasteiger partial charge in [0.1, 0.15) is 11.8 Å². The molecule has 0 saturated carbocycles. The van der Waals surface area contributed by atoms with Crippen molar-refractivity contribution in [1.29, 1.82) is 5.26 Å². The quantitative estimate of drug-likeness (QED) is 0.626. The van der Waals surface area contributed by atoms with Crippen LogP contribution in [0, 0.1) is 11.3 Å². The molecule has 0 unspecified atom stereocenters. The van der Waals surface area contributed by atoms with Gasteiger partial charge >= 0.3 is 0 Å². The molecule has 0 aliphatic carbocycles. The topological polar surface area (TPSA) is 78.2 Å². The summed E-state index contributed by atoms with van der Waals surface area (Å²) in [6.07, 6.45) is 2.33. The number of carbonyl (C=O) groups excluding carboxylic acids is 1. The zero-order valence-corrected chi connectivity index (χ0v) is 17.7. The molecule has 1 aliphatic rings. The van der Waals surface area contributed by atoms with Crippen LogP contribution in [-0.2, 0) is 0 Å². The van der Waals surface area contributed by atoms with Crippen LogP contribution < -0.4 is 15.0 Å². The van der Waals surface area contributed by atoms with Crippen molar-refractivity contribution >= 4 is 23.2 Å². The molecule has 1 fully saturated rings. The van der Waals surface area contributed by atoms with Crippen molar-refractivity contribution in [3.05, 3.63) is 83.0 Å². The van der Waals surface area contributed by atoms with E-state index in [0.717, 1.165) is 18.7 Å². The number of carbonyl (C=O) groups is 1. The molecule has 1 aliphatic heterocycles. The molecule has 1 aromatic heterocycles. The van der Waals surface area contributed by atoms with Crippen molar-refractivity contribution in [2.75, 3.05) is 11.4 Å². The summed E-state index contributed by atoms with van der Waals surface area (Å²) in [4.78, 5) is 19.2. The molecule has 1 N–H and O–H groups in total.